The van der Waals surface area contributed by atoms with Crippen molar-refractivity contribution >= 4 is 22.8 Å². The zero-order chi connectivity index (χ0) is 20.4. The molecular weight excluding hydrogens is 391 g/mol. The van der Waals surface area contributed by atoms with Gasteiger partial charge >= 0.3 is 5.91 Å². The normalized spacial score (nSPS) is 23.9. The first-order chi connectivity index (χ1) is 14.0. The summed E-state index contributed by atoms with van der Waals surface area (Å²) in [6.07, 6.45) is 4.24. The van der Waals surface area contributed by atoms with Gasteiger partial charge in [0, 0.05) is 17.7 Å². The van der Waals surface area contributed by atoms with Crippen molar-refractivity contribution in [3.8, 4) is 0 Å². The number of carbonyl (C=O) groups excluding carboxylic acids is 1. The number of hydrogen-bond donors (Lipinski definition) is 2. The second-order valence-corrected chi connectivity index (χ2v) is 8.84. The summed E-state index contributed by atoms with van der Waals surface area (Å²) >= 11 is -1.63. The van der Waals surface area contributed by atoms with Gasteiger partial charge in [-0.2, -0.15) is 0 Å². The van der Waals surface area contributed by atoms with Gasteiger partial charge in [-0.3, -0.25) is 4.79 Å². The molecule has 3 atom stereocenters. The summed E-state index contributed by atoms with van der Waals surface area (Å²) < 4.78 is 26.7. The Kier molecular flexibility index (Phi) is 5.89. The lowest BCUT2D eigenvalue weighted by Gasteiger charge is -2.31. The lowest BCUT2D eigenvalue weighted by atomic mass is 9.92. The molecular formula is C22H23FN2O3S. The number of carbonyl (C=O) groups is 1. The lowest BCUT2D eigenvalue weighted by Crippen LogP contribution is -2.47. The highest BCUT2D eigenvalue weighted by Crippen LogP contribution is 2.36. The molecule has 5 nitrogen and oxygen atoms in total. The van der Waals surface area contributed by atoms with Crippen LogP contribution in [0.4, 0.5) is 10.1 Å². The van der Waals surface area contributed by atoms with Crippen LogP contribution in [0.3, 0.4) is 0 Å². The fourth-order valence-corrected chi connectivity index (χ4v) is 5.12. The Morgan fingerprint density at radius 1 is 1.21 bits per heavy atom. The van der Waals surface area contributed by atoms with Crippen molar-refractivity contribution in [3.63, 3.8) is 0 Å². The number of fused-ring (bicyclic) bond motifs is 1. The standard InChI is InChI=1S/C22H23FN2O3S/c23-16-7-5-6-15(12-16)13-25-14-21(29(28)20-11-4-2-9-18(20)25)22(27)24-17-8-1-3-10-19(17)26/h2,4-7,9,11-12,14,17,19,26H,1,3,8,10,13H2,(H,24,27)/t17-,19-,29?/m0/s1. The van der Waals surface area contributed by atoms with E-state index in [2.05, 4.69) is 5.32 Å². The van der Waals surface area contributed by atoms with Crippen molar-refractivity contribution in [2.24, 2.45) is 0 Å². The summed E-state index contributed by atoms with van der Waals surface area (Å²) in [5, 5.41) is 13.0. The van der Waals surface area contributed by atoms with E-state index in [-0.39, 0.29) is 16.8 Å². The van der Waals surface area contributed by atoms with Gasteiger partial charge in [0.2, 0.25) is 4.91 Å². The quantitative estimate of drug-likeness (QED) is 0.754. The molecule has 1 amide bonds. The lowest BCUT2D eigenvalue weighted by molar-refractivity contribution is -0.118. The van der Waals surface area contributed by atoms with Gasteiger partial charge in [-0.1, -0.05) is 37.1 Å². The number of rotatable bonds is 4. The first-order valence-corrected chi connectivity index (χ1v) is 10.9. The average Bonchev–Trinajstić information content (AvgIpc) is 2.72. The van der Waals surface area contributed by atoms with E-state index in [1.165, 1.54) is 12.1 Å². The molecule has 2 aliphatic rings. The molecule has 2 aromatic carbocycles. The van der Waals surface area contributed by atoms with Gasteiger partial charge in [0.15, 0.2) is 4.90 Å². The molecule has 0 aromatic heterocycles. The van der Waals surface area contributed by atoms with E-state index in [0.717, 1.165) is 24.1 Å². The minimum absolute atomic E-state index is 0.137. The Bertz CT molecular complexity index is 936. The third kappa shape index (κ3) is 4.32. The Balaban J connectivity index is 1.62. The number of aliphatic hydroxyl groups excluding tert-OH is 1. The number of benzene rings is 2. The minimum atomic E-state index is -1.63. The molecule has 1 saturated carbocycles. The summed E-state index contributed by atoms with van der Waals surface area (Å²) in [5.41, 5.74) is 1.47. The number of amides is 1. The van der Waals surface area contributed by atoms with E-state index in [1.807, 2.05) is 23.1 Å². The van der Waals surface area contributed by atoms with Gasteiger partial charge in [-0.15, -0.1) is 0 Å². The molecule has 1 heterocycles. The predicted octanol–water partition coefficient (Wildman–Crippen LogP) is 3.21. The Morgan fingerprint density at radius 3 is 2.79 bits per heavy atom. The molecule has 4 rings (SSSR count). The zero-order valence-electron chi connectivity index (χ0n) is 15.9. The van der Waals surface area contributed by atoms with Gasteiger partial charge in [0.1, 0.15) is 5.82 Å². The molecule has 1 fully saturated rings. The number of nitrogens with zero attached hydrogens (tertiary/aromatic N) is 1. The third-order valence-electron chi connectivity index (χ3n) is 5.36. The molecule has 2 N–H and O–H groups in total. The number of halogens is 1. The number of hydrogen-bond acceptors (Lipinski definition) is 4. The molecule has 1 aliphatic heterocycles. The van der Waals surface area contributed by atoms with Crippen molar-refractivity contribution in [3.05, 3.63) is 71.0 Å². The largest absolute Gasteiger partial charge is 0.606 e. The van der Waals surface area contributed by atoms with Gasteiger partial charge in [0.05, 0.1) is 24.0 Å². The van der Waals surface area contributed by atoms with Crippen molar-refractivity contribution in [1.29, 1.82) is 0 Å². The van der Waals surface area contributed by atoms with Gasteiger partial charge in [-0.05, 0) is 42.7 Å². The fraction of sp³-hybridized carbons (Fsp3) is 0.318. The highest BCUT2D eigenvalue weighted by atomic mass is 32.2. The van der Waals surface area contributed by atoms with Crippen LogP contribution < -0.4 is 10.2 Å². The molecule has 0 saturated heterocycles. The molecule has 1 aliphatic carbocycles. The van der Waals surface area contributed by atoms with E-state index in [1.54, 1.807) is 24.4 Å². The number of aliphatic hydroxyl groups is 1. The van der Waals surface area contributed by atoms with Gasteiger partial charge in [-0.25, -0.2) is 4.39 Å². The average molecular weight is 415 g/mol. The van der Waals surface area contributed by atoms with Gasteiger partial charge < -0.3 is 19.9 Å². The van der Waals surface area contributed by atoms with E-state index < -0.39 is 23.2 Å². The number of nitrogens with one attached hydrogen (secondary N) is 1. The Labute approximate surface area is 172 Å². The van der Waals surface area contributed by atoms with Crippen LogP contribution in [0.25, 0.3) is 0 Å². The second-order valence-electron chi connectivity index (χ2n) is 7.42. The van der Waals surface area contributed by atoms with Crippen LogP contribution in [0.5, 0.6) is 0 Å². The highest BCUT2D eigenvalue weighted by molar-refractivity contribution is 7.96. The first kappa shape index (κ1) is 19.9. The molecule has 1 unspecified atom stereocenters. The van der Waals surface area contributed by atoms with Crippen LogP contribution in [0.1, 0.15) is 31.2 Å². The SMILES string of the molecule is O=C(N[C@H]1CCCC[C@@H]1O)C1=CN(Cc2cccc(F)c2)c2ccccc2[S+]1[O-]. The van der Waals surface area contributed by atoms with E-state index >= 15 is 0 Å². The maximum Gasteiger partial charge on any atom is 0.301 e. The monoisotopic (exact) mass is 414 g/mol. The van der Waals surface area contributed by atoms with Crippen molar-refractivity contribution in [2.45, 2.75) is 49.3 Å². The highest BCUT2D eigenvalue weighted by Gasteiger charge is 2.36. The Morgan fingerprint density at radius 2 is 2.00 bits per heavy atom. The van der Waals surface area contributed by atoms with Crippen molar-refractivity contribution in [2.75, 3.05) is 4.90 Å². The van der Waals surface area contributed by atoms with Gasteiger partial charge in [0.25, 0.3) is 0 Å². The fourth-order valence-electron chi connectivity index (χ4n) is 3.85. The smallest absolute Gasteiger partial charge is 0.301 e. The van der Waals surface area contributed by atoms with Crippen LogP contribution >= 0.6 is 0 Å². The van der Waals surface area contributed by atoms with Crippen LogP contribution in [0, 0.1) is 5.82 Å². The summed E-state index contributed by atoms with van der Waals surface area (Å²) in [6.45, 7) is 0.342. The Hall–Kier alpha value is -2.35. The second kappa shape index (κ2) is 8.57. The van der Waals surface area contributed by atoms with E-state index in [9.17, 15) is 18.8 Å². The van der Waals surface area contributed by atoms with Crippen LogP contribution in [-0.4, -0.2) is 27.7 Å². The van der Waals surface area contributed by atoms with E-state index in [0.29, 0.717) is 24.3 Å². The third-order valence-corrected chi connectivity index (χ3v) is 6.79. The number of para-hydroxylation sites is 1. The van der Waals surface area contributed by atoms with Crippen molar-refractivity contribution < 1.29 is 18.8 Å². The molecule has 0 spiro atoms. The first-order valence-electron chi connectivity index (χ1n) is 9.75. The molecule has 152 valence electrons. The zero-order valence-corrected chi connectivity index (χ0v) is 16.7. The molecule has 7 heteroatoms. The molecule has 0 radical (unpaired) electrons. The molecule has 29 heavy (non-hydrogen) atoms. The van der Waals surface area contributed by atoms with E-state index in [4.69, 9.17) is 0 Å². The summed E-state index contributed by atoms with van der Waals surface area (Å²) in [5.74, 6) is -0.766. The van der Waals surface area contributed by atoms with Crippen LogP contribution in [0.15, 0.2) is 64.5 Å². The van der Waals surface area contributed by atoms with Crippen LogP contribution in [-0.2, 0) is 22.5 Å². The minimum Gasteiger partial charge on any atom is -0.606 e. The maximum atomic E-state index is 13.6. The molecule has 2 aromatic rings. The summed E-state index contributed by atoms with van der Waals surface area (Å²) in [4.78, 5) is 15.4. The molecule has 0 bridgehead atoms. The topological polar surface area (TPSA) is 75.6 Å². The summed E-state index contributed by atoms with van der Waals surface area (Å²) in [7, 11) is 0. The predicted molar refractivity (Wildman–Crippen MR) is 110 cm³/mol. The maximum absolute atomic E-state index is 13.6. The number of anilines is 1. The van der Waals surface area contributed by atoms with Crippen LogP contribution in [0.2, 0.25) is 0 Å². The van der Waals surface area contributed by atoms with Crippen molar-refractivity contribution in [1.82, 2.24) is 5.32 Å². The summed E-state index contributed by atoms with van der Waals surface area (Å²) in [6, 6.07) is 13.1.